The van der Waals surface area contributed by atoms with Crippen molar-refractivity contribution in [2.45, 2.75) is 55.4 Å². The second kappa shape index (κ2) is 18.5. The molecule has 1 heterocycles. The van der Waals surface area contributed by atoms with Crippen LogP contribution in [0.4, 0.5) is 0 Å². The van der Waals surface area contributed by atoms with Crippen molar-refractivity contribution in [2.24, 2.45) is 0 Å². The number of ether oxygens (including phenoxy) is 2. The first-order valence-corrected chi connectivity index (χ1v) is 24.6. The van der Waals surface area contributed by atoms with Crippen LogP contribution in [0.15, 0.2) is 180 Å². The molecule has 0 fully saturated rings. The number of nitrogens with zero attached hydrogens (tertiary/aromatic N) is 2. The van der Waals surface area contributed by atoms with Gasteiger partial charge in [-0.25, -0.2) is 4.98 Å². The van der Waals surface area contributed by atoms with Gasteiger partial charge < -0.3 is 14.0 Å². The summed E-state index contributed by atoms with van der Waals surface area (Å²) < 4.78 is 80.2. The molecule has 0 bridgehead atoms. The summed E-state index contributed by atoms with van der Waals surface area (Å²) in [6, 6.07) is 47.3. The fourth-order valence-corrected chi connectivity index (χ4v) is 9.39. The summed E-state index contributed by atoms with van der Waals surface area (Å²) in [6.45, 7) is 10.7. The molecule has 12 nitrogen and oxygen atoms in total. The van der Waals surface area contributed by atoms with Gasteiger partial charge in [0.05, 0.1) is 19.0 Å². The highest BCUT2D eigenvalue weighted by Gasteiger charge is 2.29. The Balaban J connectivity index is 0.952. The van der Waals surface area contributed by atoms with Crippen molar-refractivity contribution in [3.8, 4) is 34.1 Å². The first-order chi connectivity index (χ1) is 32.6. The molecule has 0 aliphatic rings. The number of hydrogen-bond acceptors (Lipinski definition) is 9. The molecule has 350 valence electrons. The molecule has 0 amide bonds. The van der Waals surface area contributed by atoms with Crippen LogP contribution in [0, 0.1) is 6.92 Å². The second-order valence-corrected chi connectivity index (χ2v) is 20.5. The number of aryl methyl sites for hydroxylation is 1. The summed E-state index contributed by atoms with van der Waals surface area (Å²) in [7, 11) is -7.99. The normalized spacial score (nSPS) is 12.1. The summed E-state index contributed by atoms with van der Waals surface area (Å²) in [5.74, 6) is 1.24. The van der Waals surface area contributed by atoms with Gasteiger partial charge in [0.15, 0.2) is 11.6 Å². The Bertz CT molecular complexity index is 3470. The number of hydrogen-bond donors (Lipinski definition) is 2. The van der Waals surface area contributed by atoms with Gasteiger partial charge in [0.25, 0.3) is 10.1 Å². The molecular weight excluding hydrogens is 913 g/mol. The van der Waals surface area contributed by atoms with Crippen molar-refractivity contribution < 1.29 is 45.0 Å². The Hall–Kier alpha value is -7.49. The van der Waals surface area contributed by atoms with Gasteiger partial charge in [-0.1, -0.05) is 118 Å². The lowest BCUT2D eigenvalue weighted by atomic mass is 9.73. The molecule has 69 heavy (non-hydrogen) atoms. The number of imidazole rings is 1. The predicted molar refractivity (Wildman–Crippen MR) is 263 cm³/mol. The van der Waals surface area contributed by atoms with Gasteiger partial charge in [-0.05, 0) is 113 Å². The van der Waals surface area contributed by atoms with E-state index >= 15 is 0 Å². The average Bonchev–Trinajstić information content (AvgIpc) is 3.85. The maximum atomic E-state index is 14.1. The fraction of sp³-hybridized carbons (Fsp3) is 0.145. The molecule has 8 rings (SSSR count). The number of methoxy groups -OCH3 is 1. The Kier molecular flexibility index (Phi) is 12.9. The fourth-order valence-electron chi connectivity index (χ4n) is 8.25. The van der Waals surface area contributed by atoms with Crippen LogP contribution in [0.25, 0.3) is 16.8 Å². The van der Waals surface area contributed by atoms with Gasteiger partial charge in [-0.2, -0.15) is 16.8 Å². The van der Waals surface area contributed by atoms with Crippen LogP contribution >= 0.6 is 0 Å². The second-order valence-electron chi connectivity index (χ2n) is 17.7. The Labute approximate surface area is 401 Å². The van der Waals surface area contributed by atoms with E-state index in [2.05, 4.69) is 81.2 Å². The highest BCUT2D eigenvalue weighted by molar-refractivity contribution is 7.86. The standard InChI is InChI=1S/C55H48N2O10S2/c1-35-10-28-47(48(30-35)53(59)39-17-29-49(50(31-39)68(60,61)62)57-33-51(56-34-57)69(63,64)65)36-11-13-37(14-12-36)52(58)38-15-22-45(23-16-38)67-46-26-20-41(21-27-46)55(4,5)43-9-7-8-42(32-43)54(2,3)40-18-24-44(66-6)25-19-40/h7-34H,1-6H3,(H,60,61,62)(H,63,64,65). The van der Waals surface area contributed by atoms with Crippen LogP contribution < -0.4 is 9.47 Å². The van der Waals surface area contributed by atoms with Crippen molar-refractivity contribution in [2.75, 3.05) is 7.11 Å². The first kappa shape index (κ1) is 48.0. The first-order valence-electron chi connectivity index (χ1n) is 21.7. The van der Waals surface area contributed by atoms with Crippen LogP contribution in [0.1, 0.15) is 87.4 Å². The maximum absolute atomic E-state index is 14.1. The molecule has 0 saturated heterocycles. The number of aromatic nitrogens is 2. The van der Waals surface area contributed by atoms with E-state index in [0.29, 0.717) is 33.8 Å². The number of carbonyl (C=O) groups is 2. The third-order valence-corrected chi connectivity index (χ3v) is 14.1. The molecule has 0 atom stereocenters. The summed E-state index contributed by atoms with van der Waals surface area (Å²) in [6.07, 6.45) is 1.81. The predicted octanol–water partition coefficient (Wildman–Crippen LogP) is 11.3. The van der Waals surface area contributed by atoms with Crippen molar-refractivity contribution in [1.29, 1.82) is 0 Å². The molecule has 0 aliphatic carbocycles. The molecule has 0 radical (unpaired) electrons. The highest BCUT2D eigenvalue weighted by atomic mass is 32.2. The van der Waals surface area contributed by atoms with Crippen LogP contribution in [-0.4, -0.2) is 54.2 Å². The summed E-state index contributed by atoms with van der Waals surface area (Å²) in [5, 5.41) is -0.743. The van der Waals surface area contributed by atoms with Crippen molar-refractivity contribution in [3.63, 3.8) is 0 Å². The van der Waals surface area contributed by atoms with Crippen LogP contribution in [-0.2, 0) is 31.1 Å². The minimum atomic E-state index is -4.95. The minimum Gasteiger partial charge on any atom is -0.497 e. The van der Waals surface area contributed by atoms with Gasteiger partial charge in [0, 0.05) is 33.1 Å². The molecule has 0 aliphatic heterocycles. The zero-order valence-corrected chi connectivity index (χ0v) is 40.2. The van der Waals surface area contributed by atoms with E-state index in [1.165, 1.54) is 28.8 Å². The van der Waals surface area contributed by atoms with E-state index < -0.39 is 35.9 Å². The van der Waals surface area contributed by atoms with Gasteiger partial charge in [-0.3, -0.25) is 18.7 Å². The van der Waals surface area contributed by atoms with E-state index in [4.69, 9.17) is 9.47 Å². The smallest absolute Gasteiger partial charge is 0.313 e. The quantitative estimate of drug-likeness (QED) is 0.0737. The van der Waals surface area contributed by atoms with Crippen molar-refractivity contribution in [3.05, 3.63) is 220 Å². The Morgan fingerprint density at radius 1 is 0.565 bits per heavy atom. The Morgan fingerprint density at radius 2 is 1.09 bits per heavy atom. The molecule has 1 aromatic heterocycles. The molecule has 0 spiro atoms. The lowest BCUT2D eigenvalue weighted by Crippen LogP contribution is -2.22. The largest absolute Gasteiger partial charge is 0.497 e. The third-order valence-electron chi connectivity index (χ3n) is 12.5. The SMILES string of the molecule is COc1ccc(C(C)(C)c2cccc(C(C)(C)c3ccc(Oc4ccc(C(=O)c5ccc(-c6ccc(C)cc6C(=O)c6ccc(-n7cnc(S(=O)(=O)O)c7)c(S(=O)(=O)O)c6)cc5)cc4)cc3)c2)cc1. The van der Waals surface area contributed by atoms with Gasteiger partial charge in [0.2, 0.25) is 5.03 Å². The van der Waals surface area contributed by atoms with Crippen molar-refractivity contribution in [1.82, 2.24) is 9.55 Å². The number of rotatable bonds is 15. The molecule has 0 saturated carbocycles. The van der Waals surface area contributed by atoms with Gasteiger partial charge in [-0.15, -0.1) is 0 Å². The summed E-state index contributed by atoms with van der Waals surface area (Å²) in [5.41, 5.74) is 6.84. The zero-order chi connectivity index (χ0) is 49.5. The number of benzene rings is 7. The highest BCUT2D eigenvalue weighted by Crippen LogP contribution is 2.38. The molecule has 8 aromatic rings. The molecule has 0 unspecified atom stereocenters. The van der Waals surface area contributed by atoms with Crippen LogP contribution in [0.3, 0.4) is 0 Å². The summed E-state index contributed by atoms with van der Waals surface area (Å²) >= 11 is 0. The Morgan fingerprint density at radius 3 is 1.61 bits per heavy atom. The van der Waals surface area contributed by atoms with Gasteiger partial charge >= 0.3 is 10.1 Å². The topological polar surface area (TPSA) is 179 Å². The van der Waals surface area contributed by atoms with Gasteiger partial charge in [0.1, 0.15) is 28.5 Å². The van der Waals surface area contributed by atoms with E-state index in [1.807, 2.05) is 30.3 Å². The van der Waals surface area contributed by atoms with E-state index in [0.717, 1.165) is 40.0 Å². The molecule has 14 heteroatoms. The monoisotopic (exact) mass is 960 g/mol. The third kappa shape index (κ3) is 10.1. The van der Waals surface area contributed by atoms with E-state index in [-0.39, 0.29) is 33.4 Å². The zero-order valence-electron chi connectivity index (χ0n) is 38.5. The molecule has 7 aromatic carbocycles. The minimum absolute atomic E-state index is 0.0863. The summed E-state index contributed by atoms with van der Waals surface area (Å²) in [4.78, 5) is 30.6. The average molecular weight is 961 g/mol. The van der Waals surface area contributed by atoms with Crippen molar-refractivity contribution >= 4 is 31.8 Å². The lowest BCUT2D eigenvalue weighted by Gasteiger charge is -2.31. The molecule has 2 N–H and O–H groups in total. The van der Waals surface area contributed by atoms with E-state index in [9.17, 15) is 35.5 Å². The van der Waals surface area contributed by atoms with Crippen LogP contribution in [0.2, 0.25) is 0 Å². The van der Waals surface area contributed by atoms with Crippen LogP contribution in [0.5, 0.6) is 17.2 Å². The molecular formula is C55H48N2O10S2. The number of ketones is 2. The lowest BCUT2D eigenvalue weighted by molar-refractivity contribution is 0.103. The maximum Gasteiger partial charge on any atom is 0.313 e. The number of carbonyl (C=O) groups excluding carboxylic acids is 2. The van der Waals surface area contributed by atoms with E-state index in [1.54, 1.807) is 74.7 Å².